The molecule has 1 aliphatic carbocycles. The Balaban J connectivity index is 2.02. The molecule has 0 bridgehead atoms. The van der Waals surface area contributed by atoms with Gasteiger partial charge in [0.05, 0.1) is 6.10 Å². The molecule has 4 N–H and O–H groups in total. The maximum atomic E-state index is 12.0. The number of aromatic nitrogens is 1. The zero-order valence-electron chi connectivity index (χ0n) is 9.96. The SMILES string of the molecule is COC1CC(NS(=O)(=O)c2ccc(NN)nc2)C1. The summed E-state index contributed by atoms with van der Waals surface area (Å²) in [6.45, 7) is 0. The number of nitrogens with zero attached hydrogens (tertiary/aromatic N) is 1. The molecule has 100 valence electrons. The van der Waals surface area contributed by atoms with Crippen molar-refractivity contribution in [1.29, 1.82) is 0 Å². The number of sulfonamides is 1. The predicted molar refractivity (Wildman–Crippen MR) is 66.2 cm³/mol. The molecule has 0 radical (unpaired) electrons. The average Bonchev–Trinajstić information content (AvgIpc) is 2.33. The van der Waals surface area contributed by atoms with Crippen molar-refractivity contribution >= 4 is 15.8 Å². The van der Waals surface area contributed by atoms with E-state index in [2.05, 4.69) is 15.1 Å². The quantitative estimate of drug-likeness (QED) is 0.507. The smallest absolute Gasteiger partial charge is 0.242 e. The lowest BCUT2D eigenvalue weighted by Crippen LogP contribution is -2.47. The molecule has 0 atom stereocenters. The number of methoxy groups -OCH3 is 1. The van der Waals surface area contributed by atoms with Gasteiger partial charge in [-0.05, 0) is 25.0 Å². The van der Waals surface area contributed by atoms with Gasteiger partial charge in [0.2, 0.25) is 10.0 Å². The number of pyridine rings is 1. The highest BCUT2D eigenvalue weighted by atomic mass is 32.2. The lowest BCUT2D eigenvalue weighted by atomic mass is 9.90. The number of rotatable bonds is 5. The zero-order valence-corrected chi connectivity index (χ0v) is 10.8. The van der Waals surface area contributed by atoms with Gasteiger partial charge in [0.1, 0.15) is 10.7 Å². The number of anilines is 1. The number of hydrazine groups is 1. The molecule has 0 aromatic carbocycles. The molecule has 0 unspecified atom stereocenters. The van der Waals surface area contributed by atoms with Crippen LogP contribution in [0.25, 0.3) is 0 Å². The molecule has 1 fully saturated rings. The van der Waals surface area contributed by atoms with Crippen LogP contribution in [0.15, 0.2) is 23.2 Å². The molecule has 1 aromatic rings. The second-order valence-electron chi connectivity index (χ2n) is 4.17. The first kappa shape index (κ1) is 13.2. The van der Waals surface area contributed by atoms with Crippen LogP contribution in [0, 0.1) is 0 Å². The van der Waals surface area contributed by atoms with Gasteiger partial charge in [-0.1, -0.05) is 0 Å². The lowest BCUT2D eigenvalue weighted by Gasteiger charge is -2.34. The van der Waals surface area contributed by atoms with Crippen LogP contribution < -0.4 is 16.0 Å². The van der Waals surface area contributed by atoms with E-state index in [0.29, 0.717) is 18.7 Å². The summed E-state index contributed by atoms with van der Waals surface area (Å²) < 4.78 is 31.7. The number of nitrogen functional groups attached to an aromatic ring is 1. The lowest BCUT2D eigenvalue weighted by molar-refractivity contribution is 0.0236. The third-order valence-electron chi connectivity index (χ3n) is 2.94. The fourth-order valence-corrected chi connectivity index (χ4v) is 2.97. The first-order valence-corrected chi connectivity index (χ1v) is 7.01. The largest absolute Gasteiger partial charge is 0.381 e. The van der Waals surface area contributed by atoms with Gasteiger partial charge in [0, 0.05) is 19.3 Å². The molecule has 7 nitrogen and oxygen atoms in total. The predicted octanol–water partition coefficient (Wildman–Crippen LogP) is -0.177. The molecular weight excluding hydrogens is 256 g/mol. The fourth-order valence-electron chi connectivity index (χ4n) is 1.77. The Hall–Kier alpha value is -1.22. The topological polar surface area (TPSA) is 106 Å². The average molecular weight is 272 g/mol. The first-order valence-electron chi connectivity index (χ1n) is 5.53. The van der Waals surface area contributed by atoms with Gasteiger partial charge in [0.15, 0.2) is 0 Å². The molecular formula is C10H16N4O3S. The van der Waals surface area contributed by atoms with E-state index in [1.165, 1.54) is 18.3 Å². The van der Waals surface area contributed by atoms with Crippen LogP contribution in [0.5, 0.6) is 0 Å². The molecule has 1 heterocycles. The molecule has 0 aliphatic heterocycles. The first-order chi connectivity index (χ1) is 8.55. The van der Waals surface area contributed by atoms with Crippen molar-refractivity contribution in [3.63, 3.8) is 0 Å². The van der Waals surface area contributed by atoms with Crippen molar-refractivity contribution in [1.82, 2.24) is 9.71 Å². The number of nitrogens with one attached hydrogen (secondary N) is 2. The summed E-state index contributed by atoms with van der Waals surface area (Å²) in [6, 6.07) is 2.90. The van der Waals surface area contributed by atoms with Crippen LogP contribution in [0.2, 0.25) is 0 Å². The van der Waals surface area contributed by atoms with Crippen LogP contribution in [-0.4, -0.2) is 32.7 Å². The molecule has 0 spiro atoms. The Morgan fingerprint density at radius 1 is 1.44 bits per heavy atom. The second kappa shape index (κ2) is 5.19. The third-order valence-corrected chi connectivity index (χ3v) is 4.45. The standard InChI is InChI=1S/C10H16N4O3S/c1-17-8-4-7(5-8)14-18(15,16)9-2-3-10(13-11)12-6-9/h2-3,6-8,14H,4-5,11H2,1H3,(H,12,13). The van der Waals surface area contributed by atoms with E-state index in [4.69, 9.17) is 10.6 Å². The van der Waals surface area contributed by atoms with Crippen LogP contribution >= 0.6 is 0 Å². The zero-order chi connectivity index (χ0) is 13.2. The maximum Gasteiger partial charge on any atom is 0.242 e. The van der Waals surface area contributed by atoms with E-state index >= 15 is 0 Å². The van der Waals surface area contributed by atoms with Crippen molar-refractivity contribution in [2.24, 2.45) is 5.84 Å². The van der Waals surface area contributed by atoms with E-state index in [1.54, 1.807) is 7.11 Å². The van der Waals surface area contributed by atoms with E-state index in [9.17, 15) is 8.42 Å². The van der Waals surface area contributed by atoms with Crippen LogP contribution in [-0.2, 0) is 14.8 Å². The summed E-state index contributed by atoms with van der Waals surface area (Å²) in [5.41, 5.74) is 2.34. The molecule has 0 amide bonds. The molecule has 18 heavy (non-hydrogen) atoms. The van der Waals surface area contributed by atoms with E-state index in [1.807, 2.05) is 0 Å². The van der Waals surface area contributed by atoms with Gasteiger partial charge in [-0.25, -0.2) is 24.0 Å². The second-order valence-corrected chi connectivity index (χ2v) is 5.88. The number of hydrogen-bond donors (Lipinski definition) is 3. The minimum atomic E-state index is -3.51. The highest BCUT2D eigenvalue weighted by molar-refractivity contribution is 7.89. The Kier molecular flexibility index (Phi) is 3.81. The van der Waals surface area contributed by atoms with Gasteiger partial charge in [-0.15, -0.1) is 0 Å². The molecule has 1 saturated carbocycles. The fraction of sp³-hybridized carbons (Fsp3) is 0.500. The third kappa shape index (κ3) is 2.78. The summed E-state index contributed by atoms with van der Waals surface area (Å²) >= 11 is 0. The van der Waals surface area contributed by atoms with Crippen molar-refractivity contribution in [2.45, 2.75) is 29.9 Å². The van der Waals surface area contributed by atoms with Gasteiger partial charge < -0.3 is 10.2 Å². The summed E-state index contributed by atoms with van der Waals surface area (Å²) in [5, 5.41) is 0. The van der Waals surface area contributed by atoms with Crippen molar-refractivity contribution < 1.29 is 13.2 Å². The highest BCUT2D eigenvalue weighted by Gasteiger charge is 2.32. The van der Waals surface area contributed by atoms with Crippen LogP contribution in [0.1, 0.15) is 12.8 Å². The Morgan fingerprint density at radius 2 is 2.17 bits per heavy atom. The monoisotopic (exact) mass is 272 g/mol. The van der Waals surface area contributed by atoms with Crippen LogP contribution in [0.4, 0.5) is 5.82 Å². The van der Waals surface area contributed by atoms with Gasteiger partial charge in [-0.3, -0.25) is 0 Å². The molecule has 1 aliphatic rings. The maximum absolute atomic E-state index is 12.0. The van der Waals surface area contributed by atoms with Crippen molar-refractivity contribution in [2.75, 3.05) is 12.5 Å². The summed E-state index contributed by atoms with van der Waals surface area (Å²) in [5.74, 6) is 5.57. The minimum absolute atomic E-state index is 0.0627. The van der Waals surface area contributed by atoms with E-state index in [0.717, 1.165) is 0 Å². The Labute approximate surface area is 106 Å². The molecule has 8 heteroatoms. The summed E-state index contributed by atoms with van der Waals surface area (Å²) in [4.78, 5) is 3.99. The van der Waals surface area contributed by atoms with Crippen LogP contribution in [0.3, 0.4) is 0 Å². The minimum Gasteiger partial charge on any atom is -0.381 e. The molecule has 1 aromatic heterocycles. The van der Waals surface area contributed by atoms with Gasteiger partial charge >= 0.3 is 0 Å². The normalized spacial score (nSPS) is 23.4. The number of hydrogen-bond acceptors (Lipinski definition) is 6. The molecule has 0 saturated heterocycles. The van der Waals surface area contributed by atoms with E-state index in [-0.39, 0.29) is 17.0 Å². The highest BCUT2D eigenvalue weighted by Crippen LogP contribution is 2.24. The molecule has 2 rings (SSSR count). The summed E-state index contributed by atoms with van der Waals surface area (Å²) in [6.07, 6.45) is 2.82. The van der Waals surface area contributed by atoms with E-state index < -0.39 is 10.0 Å². The number of ether oxygens (including phenoxy) is 1. The number of nitrogens with two attached hydrogens (primary N) is 1. The Morgan fingerprint density at radius 3 is 2.67 bits per heavy atom. The van der Waals surface area contributed by atoms with Gasteiger partial charge in [0.25, 0.3) is 0 Å². The van der Waals surface area contributed by atoms with Crippen molar-refractivity contribution in [3.8, 4) is 0 Å². The van der Waals surface area contributed by atoms with Crippen molar-refractivity contribution in [3.05, 3.63) is 18.3 Å². The summed E-state index contributed by atoms with van der Waals surface area (Å²) in [7, 11) is -1.89. The van der Waals surface area contributed by atoms with Gasteiger partial charge in [-0.2, -0.15) is 0 Å². The Bertz CT molecular complexity index is 496.